The summed E-state index contributed by atoms with van der Waals surface area (Å²) in [6, 6.07) is 17.5. The Hall–Kier alpha value is -3.89. The van der Waals surface area contributed by atoms with Crippen molar-refractivity contribution in [1.29, 1.82) is 0 Å². The van der Waals surface area contributed by atoms with Crippen LogP contribution in [0, 0.1) is 10.1 Å². The lowest BCUT2D eigenvalue weighted by molar-refractivity contribution is -0.384. The van der Waals surface area contributed by atoms with Gasteiger partial charge in [0.05, 0.1) is 22.2 Å². The topological polar surface area (TPSA) is 123 Å². The Labute approximate surface area is 202 Å². The van der Waals surface area contributed by atoms with Gasteiger partial charge in [0, 0.05) is 34.6 Å². The van der Waals surface area contributed by atoms with Crippen molar-refractivity contribution in [2.75, 3.05) is 6.26 Å². The third-order valence-corrected chi connectivity index (χ3v) is 6.51. The summed E-state index contributed by atoms with van der Waals surface area (Å²) in [6.07, 6.45) is 1.90. The fraction of sp³-hybridized carbons (Fsp3) is 0.0833. The molecule has 0 spiro atoms. The maximum atomic E-state index is 13.6. The maximum absolute atomic E-state index is 13.6. The molecule has 0 unspecified atom stereocenters. The van der Waals surface area contributed by atoms with Crippen molar-refractivity contribution in [3.8, 4) is 0 Å². The van der Waals surface area contributed by atoms with Gasteiger partial charge in [0.2, 0.25) is 0 Å². The Balaban J connectivity index is 1.87. The summed E-state index contributed by atoms with van der Waals surface area (Å²) in [6.45, 7) is 0. The Bertz CT molecular complexity index is 1430. The minimum absolute atomic E-state index is 0.0178. The molecule has 10 heteroatoms. The van der Waals surface area contributed by atoms with Gasteiger partial charge in [-0.2, -0.15) is 8.75 Å². The number of aromatic nitrogens is 2. The number of nitro groups is 1. The van der Waals surface area contributed by atoms with E-state index in [-0.39, 0.29) is 23.3 Å². The van der Waals surface area contributed by atoms with Gasteiger partial charge >= 0.3 is 5.97 Å². The van der Waals surface area contributed by atoms with Gasteiger partial charge in [-0.25, -0.2) is 4.79 Å². The molecule has 0 saturated carbocycles. The number of allylic oxidation sites excluding steroid dienone is 1. The second kappa shape index (κ2) is 9.94. The third-order valence-electron chi connectivity index (χ3n) is 5.21. The average Bonchev–Trinajstić information content (AvgIpc) is 3.31. The van der Waals surface area contributed by atoms with E-state index in [1.807, 2.05) is 6.26 Å². The second-order valence-electron chi connectivity index (χ2n) is 7.28. The number of non-ortho nitro benzene ring substituents is 1. The van der Waals surface area contributed by atoms with Gasteiger partial charge in [0.25, 0.3) is 5.69 Å². The van der Waals surface area contributed by atoms with Crippen LogP contribution in [0.1, 0.15) is 21.5 Å². The number of carboxylic acids is 1. The minimum atomic E-state index is -1.26. The highest BCUT2D eigenvalue weighted by atomic mass is 32.2. The molecule has 8 nitrogen and oxygen atoms in total. The summed E-state index contributed by atoms with van der Waals surface area (Å²) < 4.78 is 8.32. The van der Waals surface area contributed by atoms with Gasteiger partial charge in [-0.1, -0.05) is 18.2 Å². The molecule has 0 aliphatic carbocycles. The van der Waals surface area contributed by atoms with Crippen LogP contribution in [0.3, 0.4) is 0 Å². The van der Waals surface area contributed by atoms with E-state index in [0.717, 1.165) is 16.6 Å². The lowest BCUT2D eigenvalue weighted by Gasteiger charge is -2.13. The number of carboxylic acid groups (broad SMARTS) is 1. The van der Waals surface area contributed by atoms with Gasteiger partial charge in [-0.05, 0) is 53.8 Å². The van der Waals surface area contributed by atoms with Crippen LogP contribution in [0.4, 0.5) is 5.69 Å². The SMILES string of the molecule is CSc1ccc(C(=O)C(Cc2ccc([N+](=O)[O-])cc2)=C(C(=O)O)c2ccc3nsnc3c2)cc1. The largest absolute Gasteiger partial charge is 0.478 e. The number of nitrogens with zero attached hydrogens (tertiary/aromatic N) is 3. The fourth-order valence-electron chi connectivity index (χ4n) is 3.50. The van der Waals surface area contributed by atoms with E-state index in [1.54, 1.807) is 42.5 Å². The molecular weight excluding hydrogens is 474 g/mol. The van der Waals surface area contributed by atoms with Crippen molar-refractivity contribution < 1.29 is 19.6 Å². The quantitative estimate of drug-likeness (QED) is 0.116. The molecule has 4 aromatic rings. The minimum Gasteiger partial charge on any atom is -0.478 e. The van der Waals surface area contributed by atoms with Crippen LogP contribution in [-0.4, -0.2) is 36.8 Å². The van der Waals surface area contributed by atoms with Crippen molar-refractivity contribution in [3.05, 3.63) is 99.1 Å². The summed E-state index contributed by atoms with van der Waals surface area (Å²) >= 11 is 2.55. The number of ketones is 1. The Kier molecular flexibility index (Phi) is 6.80. The third kappa shape index (κ3) is 4.87. The smallest absolute Gasteiger partial charge is 0.336 e. The van der Waals surface area contributed by atoms with Crippen LogP contribution in [0.25, 0.3) is 16.6 Å². The zero-order valence-corrected chi connectivity index (χ0v) is 19.4. The number of hydrogen-bond acceptors (Lipinski definition) is 8. The van der Waals surface area contributed by atoms with Crippen LogP contribution in [0.5, 0.6) is 0 Å². The summed E-state index contributed by atoms with van der Waals surface area (Å²) in [5.74, 6) is -1.69. The predicted molar refractivity (Wildman–Crippen MR) is 131 cm³/mol. The molecule has 34 heavy (non-hydrogen) atoms. The highest BCUT2D eigenvalue weighted by Gasteiger charge is 2.24. The number of rotatable bonds is 8. The normalized spacial score (nSPS) is 11.8. The summed E-state index contributed by atoms with van der Waals surface area (Å²) in [4.78, 5) is 37.5. The summed E-state index contributed by atoms with van der Waals surface area (Å²) in [5.41, 5.74) is 2.26. The molecule has 1 aromatic heterocycles. The van der Waals surface area contributed by atoms with E-state index in [1.165, 1.54) is 36.0 Å². The van der Waals surface area contributed by atoms with Gasteiger partial charge in [0.1, 0.15) is 11.0 Å². The van der Waals surface area contributed by atoms with Crippen LogP contribution in [-0.2, 0) is 11.2 Å². The van der Waals surface area contributed by atoms with Crippen LogP contribution < -0.4 is 0 Å². The first-order valence-corrected chi connectivity index (χ1v) is 11.9. The Morgan fingerprint density at radius 3 is 2.24 bits per heavy atom. The molecule has 0 aliphatic heterocycles. The number of thioether (sulfide) groups is 1. The molecule has 0 bridgehead atoms. The van der Waals surface area contributed by atoms with E-state index in [4.69, 9.17) is 0 Å². The van der Waals surface area contributed by atoms with Crippen molar-refractivity contribution in [2.45, 2.75) is 11.3 Å². The first kappa shape index (κ1) is 23.3. The molecule has 0 fully saturated rings. The number of benzene rings is 3. The number of fused-ring (bicyclic) bond motifs is 1. The van der Waals surface area contributed by atoms with Crippen molar-refractivity contribution in [3.63, 3.8) is 0 Å². The molecular formula is C24H17N3O5S2. The molecule has 3 aromatic carbocycles. The number of carbonyl (C=O) groups excluding carboxylic acids is 1. The van der Waals surface area contributed by atoms with Gasteiger partial charge in [0.15, 0.2) is 5.78 Å². The molecule has 4 rings (SSSR count). The highest BCUT2D eigenvalue weighted by molar-refractivity contribution is 7.98. The molecule has 1 N–H and O–H groups in total. The van der Waals surface area contributed by atoms with E-state index < -0.39 is 16.7 Å². The lowest BCUT2D eigenvalue weighted by Crippen LogP contribution is -2.14. The zero-order valence-electron chi connectivity index (χ0n) is 17.8. The molecule has 0 saturated heterocycles. The maximum Gasteiger partial charge on any atom is 0.336 e. The van der Waals surface area contributed by atoms with Crippen molar-refractivity contribution in [1.82, 2.24) is 8.75 Å². The molecule has 0 aliphatic rings. The number of carbonyl (C=O) groups is 2. The zero-order chi connectivity index (χ0) is 24.2. The average molecular weight is 492 g/mol. The number of Topliss-reactive ketones (excluding diaryl/α,β-unsaturated/α-hetero) is 1. The van der Waals surface area contributed by atoms with E-state index in [2.05, 4.69) is 8.75 Å². The van der Waals surface area contributed by atoms with Gasteiger partial charge in [-0.3, -0.25) is 14.9 Å². The summed E-state index contributed by atoms with van der Waals surface area (Å²) in [7, 11) is 0. The molecule has 0 amide bonds. The number of hydrogen-bond donors (Lipinski definition) is 1. The second-order valence-corrected chi connectivity index (χ2v) is 8.69. The molecule has 0 radical (unpaired) electrons. The van der Waals surface area contributed by atoms with Crippen molar-refractivity contribution >= 4 is 57.5 Å². The van der Waals surface area contributed by atoms with Crippen LogP contribution in [0.15, 0.2) is 77.2 Å². The fourth-order valence-corrected chi connectivity index (χ4v) is 4.43. The van der Waals surface area contributed by atoms with Crippen LogP contribution in [0.2, 0.25) is 0 Å². The molecule has 1 heterocycles. The highest BCUT2D eigenvalue weighted by Crippen LogP contribution is 2.29. The predicted octanol–water partition coefficient (Wildman–Crippen LogP) is 5.29. The molecule has 0 atom stereocenters. The summed E-state index contributed by atoms with van der Waals surface area (Å²) in [5, 5.41) is 21.2. The Morgan fingerprint density at radius 2 is 1.62 bits per heavy atom. The lowest BCUT2D eigenvalue weighted by atomic mass is 9.89. The first-order valence-electron chi connectivity index (χ1n) is 9.98. The van der Waals surface area contributed by atoms with E-state index >= 15 is 0 Å². The Morgan fingerprint density at radius 1 is 0.971 bits per heavy atom. The van der Waals surface area contributed by atoms with Crippen LogP contribution >= 0.6 is 23.5 Å². The van der Waals surface area contributed by atoms with E-state index in [0.29, 0.717) is 27.7 Å². The van der Waals surface area contributed by atoms with E-state index in [9.17, 15) is 24.8 Å². The monoisotopic (exact) mass is 491 g/mol. The number of nitro benzene ring substituents is 1. The standard InChI is InChI=1S/C24H17N3O5S2/c1-33-18-9-4-15(5-10-18)23(28)19(12-14-2-7-17(8-3-14)27(31)32)22(24(29)30)16-6-11-20-21(13-16)26-34-25-20/h2-11,13H,12H2,1H3,(H,29,30). The first-order chi connectivity index (χ1) is 16.4. The number of aliphatic carboxylic acids is 1. The molecule has 170 valence electrons. The van der Waals surface area contributed by atoms with Gasteiger partial charge in [-0.15, -0.1) is 11.8 Å². The van der Waals surface area contributed by atoms with Crippen molar-refractivity contribution in [2.24, 2.45) is 0 Å². The van der Waals surface area contributed by atoms with Gasteiger partial charge < -0.3 is 5.11 Å².